The Balaban J connectivity index is 1.54. The maximum Gasteiger partial charge on any atom is 0.587 e. The summed E-state index contributed by atoms with van der Waals surface area (Å²) in [5.41, 5.74) is 0.174. The number of carbonyl (C=O) groups is 4. The molecule has 184 valence electrons. The molecule has 0 radical (unpaired) electrons. The number of hydrogen-bond acceptors (Lipinski definition) is 7. The van der Waals surface area contributed by atoms with Gasteiger partial charge in [-0.05, 0) is 36.4 Å². The fourth-order valence-corrected chi connectivity index (χ4v) is 7.50. The molecular weight excluding hydrogens is 502 g/mol. The van der Waals surface area contributed by atoms with Crippen LogP contribution in [0.5, 0.6) is 0 Å². The lowest BCUT2D eigenvalue weighted by atomic mass is 9.51. The Hall–Kier alpha value is -1.75. The lowest BCUT2D eigenvalue weighted by molar-refractivity contribution is -0.840. The van der Waals surface area contributed by atoms with Crippen LogP contribution in [-0.4, -0.2) is 71.9 Å². The van der Waals surface area contributed by atoms with E-state index < -0.39 is 30.5 Å². The van der Waals surface area contributed by atoms with Crippen molar-refractivity contribution in [3.8, 4) is 0 Å². The summed E-state index contributed by atoms with van der Waals surface area (Å²) in [5, 5.41) is 3.17. The van der Waals surface area contributed by atoms with Crippen molar-refractivity contribution >= 4 is 65.3 Å². The van der Waals surface area contributed by atoms with E-state index in [0.717, 1.165) is 0 Å². The Labute approximate surface area is 212 Å². The average molecular weight is 529 g/mol. The Bertz CT molecular complexity index is 1030. The third kappa shape index (κ3) is 4.12. The number of likely N-dealkylation sites (N-methyl/N-ethyl adjacent to an activating group) is 1. The SMILES string of the molecule is CC(C)C[C@H](CC(=O)CNC(=O)c1cc(Cl)ccc1Cl)[B-]12OC(=O)[C@H]3CSC[C@H](C(=O)O1)[N+]32C. The normalized spacial score (nSPS) is 30.5. The second kappa shape index (κ2) is 9.37. The van der Waals surface area contributed by atoms with Gasteiger partial charge in [-0.3, -0.25) is 9.59 Å². The van der Waals surface area contributed by atoms with Crippen LogP contribution < -0.4 is 5.32 Å². The van der Waals surface area contributed by atoms with Gasteiger partial charge in [-0.1, -0.05) is 43.5 Å². The van der Waals surface area contributed by atoms with Crippen LogP contribution in [0.25, 0.3) is 0 Å². The van der Waals surface area contributed by atoms with E-state index in [0.29, 0.717) is 22.9 Å². The van der Waals surface area contributed by atoms with Gasteiger partial charge in [0, 0.05) is 12.1 Å². The number of ketones is 1. The highest BCUT2D eigenvalue weighted by molar-refractivity contribution is 7.99. The van der Waals surface area contributed by atoms with E-state index in [1.807, 2.05) is 20.9 Å². The minimum absolute atomic E-state index is 0.00270. The number of rotatable bonds is 8. The second-order valence-electron chi connectivity index (χ2n) is 9.83. The zero-order valence-electron chi connectivity index (χ0n) is 19.2. The lowest BCUT2D eigenvalue weighted by Crippen LogP contribution is -2.71. The van der Waals surface area contributed by atoms with E-state index in [1.54, 1.807) is 17.8 Å². The molecule has 0 unspecified atom stereocenters. The third-order valence-electron chi connectivity index (χ3n) is 7.26. The monoisotopic (exact) mass is 528 g/mol. The van der Waals surface area contributed by atoms with Crippen molar-refractivity contribution in [2.24, 2.45) is 5.92 Å². The van der Waals surface area contributed by atoms with Crippen molar-refractivity contribution in [1.82, 2.24) is 5.32 Å². The molecule has 3 heterocycles. The van der Waals surface area contributed by atoms with Crippen LogP contribution in [-0.2, 0) is 23.7 Å². The van der Waals surface area contributed by atoms with Crippen LogP contribution in [0.2, 0.25) is 15.9 Å². The standard InChI is InChI=1S/C22H27BCl2N2O6S/c1-12(2)6-13(7-15(28)9-26-20(29)16-8-14(24)4-5-17(16)25)23-27(3)18(21(30)32-23)10-34-11-19(27)22(31)33-23/h4-5,8,12-13,18-19H,6-7,9-11H2,1-3H3,(H,26,29)/t13-,18-,19-,23?,27?/m1/s1. The van der Waals surface area contributed by atoms with Gasteiger partial charge < -0.3 is 19.0 Å². The summed E-state index contributed by atoms with van der Waals surface area (Å²) < 4.78 is 11.9. The van der Waals surface area contributed by atoms with Gasteiger partial charge >= 0.3 is 18.6 Å². The molecule has 4 rings (SSSR count). The minimum Gasteiger partial charge on any atom is -0.600 e. The Morgan fingerprint density at radius 2 is 1.79 bits per heavy atom. The molecule has 1 N–H and O–H groups in total. The predicted molar refractivity (Wildman–Crippen MR) is 131 cm³/mol. The molecule has 0 aromatic heterocycles. The highest BCUT2D eigenvalue weighted by Crippen LogP contribution is 2.53. The number of amides is 1. The Morgan fingerprint density at radius 3 is 2.38 bits per heavy atom. The predicted octanol–water partition coefficient (Wildman–Crippen LogP) is 3.08. The second-order valence-corrected chi connectivity index (χ2v) is 11.8. The summed E-state index contributed by atoms with van der Waals surface area (Å²) in [6.07, 6.45) is 0.531. The first kappa shape index (κ1) is 25.4. The van der Waals surface area contributed by atoms with Crippen LogP contribution in [0, 0.1) is 5.92 Å². The van der Waals surface area contributed by atoms with E-state index in [2.05, 4.69) is 5.32 Å². The minimum atomic E-state index is -2.41. The van der Waals surface area contributed by atoms with E-state index in [4.69, 9.17) is 32.5 Å². The van der Waals surface area contributed by atoms with Gasteiger partial charge in [-0.25, -0.2) is 9.59 Å². The van der Waals surface area contributed by atoms with E-state index >= 15 is 0 Å². The molecule has 1 amide bonds. The quantitative estimate of drug-likeness (QED) is 0.517. The molecule has 3 atom stereocenters. The molecule has 3 aliphatic rings. The highest BCUT2D eigenvalue weighted by atomic mass is 35.5. The van der Waals surface area contributed by atoms with Crippen molar-refractivity contribution in [2.75, 3.05) is 25.1 Å². The van der Waals surface area contributed by atoms with E-state index in [-0.39, 0.29) is 51.6 Å². The van der Waals surface area contributed by atoms with Crippen molar-refractivity contribution in [1.29, 1.82) is 0 Å². The molecule has 1 aromatic rings. The van der Waals surface area contributed by atoms with Gasteiger partial charge in [0.05, 0.1) is 28.6 Å². The van der Waals surface area contributed by atoms with Gasteiger partial charge in [-0.15, -0.1) is 11.8 Å². The van der Waals surface area contributed by atoms with Crippen molar-refractivity contribution in [3.63, 3.8) is 0 Å². The van der Waals surface area contributed by atoms with Crippen LogP contribution in [0.1, 0.15) is 37.0 Å². The lowest BCUT2D eigenvalue weighted by Gasteiger charge is -2.51. The number of thioether (sulfide) groups is 1. The van der Waals surface area contributed by atoms with Gasteiger partial charge in [0.25, 0.3) is 5.91 Å². The first-order chi connectivity index (χ1) is 16.0. The summed E-state index contributed by atoms with van der Waals surface area (Å²) in [7, 11) is 1.85. The molecule has 34 heavy (non-hydrogen) atoms. The Kier molecular flexibility index (Phi) is 6.99. The van der Waals surface area contributed by atoms with Crippen molar-refractivity contribution in [3.05, 3.63) is 33.8 Å². The number of benzene rings is 1. The van der Waals surface area contributed by atoms with E-state index in [1.165, 1.54) is 12.1 Å². The molecule has 0 aliphatic carbocycles. The summed E-state index contributed by atoms with van der Waals surface area (Å²) in [4.78, 5) is 51.2. The summed E-state index contributed by atoms with van der Waals surface area (Å²) >= 11 is 13.6. The molecule has 3 aliphatic heterocycles. The van der Waals surface area contributed by atoms with E-state index in [9.17, 15) is 19.2 Å². The fraction of sp³-hybridized carbons (Fsp3) is 0.545. The summed E-state index contributed by atoms with van der Waals surface area (Å²) in [6, 6.07) is 3.52. The first-order valence-electron chi connectivity index (χ1n) is 11.3. The van der Waals surface area contributed by atoms with Crippen LogP contribution in [0.4, 0.5) is 0 Å². The number of nitrogens with zero attached hydrogens (tertiary/aromatic N) is 1. The number of nitrogens with one attached hydrogen (secondary N) is 1. The molecule has 0 bridgehead atoms. The molecule has 12 heteroatoms. The van der Waals surface area contributed by atoms with Gasteiger partial charge in [0.15, 0.2) is 12.1 Å². The number of carbonyl (C=O) groups excluding carboxylic acids is 4. The van der Waals surface area contributed by atoms with Crippen molar-refractivity contribution in [2.45, 2.75) is 44.6 Å². The maximum atomic E-state index is 13.0. The number of quaternary nitrogens is 1. The van der Waals surface area contributed by atoms with Crippen LogP contribution >= 0.6 is 35.0 Å². The van der Waals surface area contributed by atoms with Crippen LogP contribution in [0.3, 0.4) is 0 Å². The molecule has 0 saturated carbocycles. The number of hydrogen-bond donors (Lipinski definition) is 1. The molecule has 0 spiro atoms. The summed E-state index contributed by atoms with van der Waals surface area (Å²) in [5.74, 6) is -0.766. The summed E-state index contributed by atoms with van der Waals surface area (Å²) in [6.45, 7) is 1.35. The largest absolute Gasteiger partial charge is 0.600 e. The Morgan fingerprint density at radius 1 is 1.18 bits per heavy atom. The molecule has 8 nitrogen and oxygen atoms in total. The zero-order chi connectivity index (χ0) is 24.8. The van der Waals surface area contributed by atoms with Crippen LogP contribution in [0.15, 0.2) is 18.2 Å². The van der Waals surface area contributed by atoms with Gasteiger partial charge in [0.2, 0.25) is 0 Å². The zero-order valence-corrected chi connectivity index (χ0v) is 21.5. The first-order valence-corrected chi connectivity index (χ1v) is 13.2. The fourth-order valence-electron chi connectivity index (χ4n) is 5.63. The molecule has 3 saturated heterocycles. The topological polar surface area (TPSA) is 98.8 Å². The molecule has 1 aromatic carbocycles. The van der Waals surface area contributed by atoms with Gasteiger partial charge in [-0.2, -0.15) is 0 Å². The average Bonchev–Trinajstić information content (AvgIpc) is 3.13. The number of Topliss-reactive ketones (excluding diaryl/α,β-unsaturated/α-hetero) is 1. The maximum absolute atomic E-state index is 13.0. The number of halogens is 2. The third-order valence-corrected chi connectivity index (χ3v) is 8.93. The van der Waals surface area contributed by atoms with Gasteiger partial charge in [0.1, 0.15) is 5.78 Å². The smallest absolute Gasteiger partial charge is 0.587 e. The highest BCUT2D eigenvalue weighted by Gasteiger charge is 2.76. The molecule has 3 fully saturated rings. The molecular formula is C22H27BCl2N2O6S. The van der Waals surface area contributed by atoms with Crippen molar-refractivity contribution < 1.29 is 32.9 Å².